The molecule has 2 aromatic heterocycles. The summed E-state index contributed by atoms with van der Waals surface area (Å²) in [4.78, 5) is 22.6. The van der Waals surface area contributed by atoms with Crippen LogP contribution in [-0.4, -0.2) is 23.0 Å². The van der Waals surface area contributed by atoms with Crippen LogP contribution in [0, 0.1) is 6.92 Å². The maximum absolute atomic E-state index is 12.6. The molecule has 0 unspecified atom stereocenters. The van der Waals surface area contributed by atoms with Gasteiger partial charge >= 0.3 is 0 Å². The third-order valence-corrected chi connectivity index (χ3v) is 5.10. The number of benzene rings is 2. The molecule has 134 valence electrons. The standard InChI is InChI=1S/C21H17N3O2S/c1-13-19(15-7-10-16(26-2)11-8-15)23-21(27-13)24-20(25)18-12-9-14-5-3-4-6-17(14)22-18/h3-12H,1-2H3,(H,23,24,25). The van der Waals surface area contributed by atoms with E-state index in [0.29, 0.717) is 10.8 Å². The van der Waals surface area contributed by atoms with Crippen molar-refractivity contribution in [3.8, 4) is 17.0 Å². The summed E-state index contributed by atoms with van der Waals surface area (Å²) in [6, 6.07) is 19.0. The van der Waals surface area contributed by atoms with Gasteiger partial charge in [-0.1, -0.05) is 24.3 Å². The Labute approximate surface area is 160 Å². The van der Waals surface area contributed by atoms with Gasteiger partial charge in [-0.25, -0.2) is 9.97 Å². The van der Waals surface area contributed by atoms with Crippen LogP contribution in [0.2, 0.25) is 0 Å². The molecule has 0 aliphatic rings. The molecule has 1 amide bonds. The molecule has 6 heteroatoms. The van der Waals surface area contributed by atoms with Crippen LogP contribution < -0.4 is 10.1 Å². The van der Waals surface area contributed by atoms with Crippen LogP contribution in [0.15, 0.2) is 60.7 Å². The molecule has 0 radical (unpaired) electrons. The molecule has 0 fully saturated rings. The van der Waals surface area contributed by atoms with Gasteiger partial charge in [-0.15, -0.1) is 11.3 Å². The normalized spacial score (nSPS) is 10.7. The van der Waals surface area contributed by atoms with E-state index in [0.717, 1.165) is 32.8 Å². The number of aryl methyl sites for hydroxylation is 1. The number of hydrogen-bond donors (Lipinski definition) is 1. The number of ether oxygens (including phenoxy) is 1. The largest absolute Gasteiger partial charge is 0.497 e. The SMILES string of the molecule is COc1ccc(-c2nc(NC(=O)c3ccc4ccccc4n3)sc2C)cc1. The molecule has 27 heavy (non-hydrogen) atoms. The number of amides is 1. The summed E-state index contributed by atoms with van der Waals surface area (Å²) < 4.78 is 5.19. The van der Waals surface area contributed by atoms with E-state index in [4.69, 9.17) is 4.74 Å². The van der Waals surface area contributed by atoms with E-state index in [9.17, 15) is 4.79 Å². The number of carbonyl (C=O) groups is 1. The van der Waals surface area contributed by atoms with Gasteiger partial charge in [-0.2, -0.15) is 0 Å². The van der Waals surface area contributed by atoms with Crippen molar-refractivity contribution in [2.45, 2.75) is 6.92 Å². The van der Waals surface area contributed by atoms with E-state index in [1.165, 1.54) is 11.3 Å². The first-order valence-electron chi connectivity index (χ1n) is 8.43. The molecule has 0 aliphatic heterocycles. The van der Waals surface area contributed by atoms with Crippen molar-refractivity contribution < 1.29 is 9.53 Å². The highest BCUT2D eigenvalue weighted by Crippen LogP contribution is 2.31. The van der Waals surface area contributed by atoms with Gasteiger partial charge < -0.3 is 4.74 Å². The first kappa shape index (κ1) is 17.2. The van der Waals surface area contributed by atoms with Crippen molar-refractivity contribution in [3.63, 3.8) is 0 Å². The van der Waals surface area contributed by atoms with Gasteiger partial charge in [0, 0.05) is 15.8 Å². The van der Waals surface area contributed by atoms with Crippen LogP contribution in [0.5, 0.6) is 5.75 Å². The second-order valence-electron chi connectivity index (χ2n) is 6.00. The van der Waals surface area contributed by atoms with Crippen LogP contribution in [0.25, 0.3) is 22.2 Å². The Balaban J connectivity index is 1.57. The van der Waals surface area contributed by atoms with E-state index >= 15 is 0 Å². The smallest absolute Gasteiger partial charge is 0.276 e. The van der Waals surface area contributed by atoms with Crippen molar-refractivity contribution in [3.05, 3.63) is 71.2 Å². The molecule has 0 atom stereocenters. The average molecular weight is 375 g/mol. The minimum Gasteiger partial charge on any atom is -0.497 e. The fourth-order valence-electron chi connectivity index (χ4n) is 2.82. The number of rotatable bonds is 4. The van der Waals surface area contributed by atoms with Crippen LogP contribution in [0.3, 0.4) is 0 Å². The van der Waals surface area contributed by atoms with Crippen LogP contribution in [-0.2, 0) is 0 Å². The zero-order valence-corrected chi connectivity index (χ0v) is 15.7. The third-order valence-electron chi connectivity index (χ3n) is 4.21. The highest BCUT2D eigenvalue weighted by molar-refractivity contribution is 7.16. The Morgan fingerprint density at radius 3 is 2.56 bits per heavy atom. The second-order valence-corrected chi connectivity index (χ2v) is 7.20. The lowest BCUT2D eigenvalue weighted by molar-refractivity contribution is 0.102. The Hall–Kier alpha value is -3.25. The second kappa shape index (κ2) is 7.17. The fourth-order valence-corrected chi connectivity index (χ4v) is 3.65. The van der Waals surface area contributed by atoms with Crippen molar-refractivity contribution in [1.82, 2.24) is 9.97 Å². The molecule has 0 bridgehead atoms. The maximum atomic E-state index is 12.6. The van der Waals surface area contributed by atoms with Crippen LogP contribution in [0.1, 0.15) is 15.4 Å². The van der Waals surface area contributed by atoms with Crippen molar-refractivity contribution >= 4 is 33.3 Å². The first-order valence-corrected chi connectivity index (χ1v) is 9.25. The number of anilines is 1. The predicted molar refractivity (Wildman–Crippen MR) is 109 cm³/mol. The molecule has 4 rings (SSSR count). The molecule has 1 N–H and O–H groups in total. The molecule has 2 heterocycles. The number of carbonyl (C=O) groups excluding carboxylic acids is 1. The van der Waals surface area contributed by atoms with Gasteiger partial charge in [0.2, 0.25) is 0 Å². The zero-order chi connectivity index (χ0) is 18.8. The molecular formula is C21H17N3O2S. The van der Waals surface area contributed by atoms with Gasteiger partial charge in [0.15, 0.2) is 5.13 Å². The van der Waals surface area contributed by atoms with Crippen LogP contribution in [0.4, 0.5) is 5.13 Å². The lowest BCUT2D eigenvalue weighted by atomic mass is 10.1. The lowest BCUT2D eigenvalue weighted by Gasteiger charge is -2.03. The number of hydrogen-bond acceptors (Lipinski definition) is 5. The number of fused-ring (bicyclic) bond motifs is 1. The number of nitrogens with one attached hydrogen (secondary N) is 1. The number of pyridine rings is 1. The topological polar surface area (TPSA) is 64.1 Å². The van der Waals surface area contributed by atoms with Crippen LogP contribution >= 0.6 is 11.3 Å². The molecule has 0 saturated heterocycles. The quantitative estimate of drug-likeness (QED) is 0.549. The third kappa shape index (κ3) is 3.52. The minimum absolute atomic E-state index is 0.268. The van der Waals surface area contributed by atoms with Gasteiger partial charge in [0.25, 0.3) is 5.91 Å². The average Bonchev–Trinajstić information content (AvgIpc) is 3.07. The van der Waals surface area contributed by atoms with E-state index in [1.54, 1.807) is 13.2 Å². The van der Waals surface area contributed by atoms with Gasteiger partial charge in [-0.05, 0) is 43.3 Å². The predicted octanol–water partition coefficient (Wildman–Crippen LogP) is 4.93. The van der Waals surface area contributed by atoms with Crippen molar-refractivity contribution in [2.24, 2.45) is 0 Å². The number of aromatic nitrogens is 2. The minimum atomic E-state index is -0.268. The van der Waals surface area contributed by atoms with Crippen molar-refractivity contribution in [2.75, 3.05) is 12.4 Å². The Bertz CT molecular complexity index is 1120. The Morgan fingerprint density at radius 2 is 1.78 bits per heavy atom. The van der Waals surface area contributed by atoms with Gasteiger partial charge in [0.05, 0.1) is 18.3 Å². The zero-order valence-electron chi connectivity index (χ0n) is 14.9. The van der Waals surface area contributed by atoms with E-state index < -0.39 is 0 Å². The number of nitrogens with zero attached hydrogens (tertiary/aromatic N) is 2. The monoisotopic (exact) mass is 375 g/mol. The molecule has 4 aromatic rings. The summed E-state index contributed by atoms with van der Waals surface area (Å²) in [7, 11) is 1.64. The molecular weight excluding hydrogens is 358 g/mol. The first-order chi connectivity index (χ1) is 13.1. The summed E-state index contributed by atoms with van der Waals surface area (Å²) >= 11 is 1.44. The van der Waals surface area contributed by atoms with Gasteiger partial charge in [-0.3, -0.25) is 10.1 Å². The van der Waals surface area contributed by atoms with E-state index in [2.05, 4.69) is 15.3 Å². The number of para-hydroxylation sites is 1. The molecule has 0 spiro atoms. The molecule has 5 nitrogen and oxygen atoms in total. The summed E-state index contributed by atoms with van der Waals surface area (Å²) in [5.41, 5.74) is 2.99. The fraction of sp³-hybridized carbons (Fsp3) is 0.0952. The van der Waals surface area contributed by atoms with Crippen molar-refractivity contribution in [1.29, 1.82) is 0 Å². The molecule has 0 saturated carbocycles. The van der Waals surface area contributed by atoms with E-state index in [-0.39, 0.29) is 5.91 Å². The highest BCUT2D eigenvalue weighted by atomic mass is 32.1. The molecule has 2 aromatic carbocycles. The summed E-state index contributed by atoms with van der Waals surface area (Å²) in [5, 5.41) is 4.41. The molecule has 0 aliphatic carbocycles. The Kier molecular flexibility index (Phi) is 4.56. The summed E-state index contributed by atoms with van der Waals surface area (Å²) in [5.74, 6) is 0.526. The lowest BCUT2D eigenvalue weighted by Crippen LogP contribution is -2.13. The number of thiazole rings is 1. The van der Waals surface area contributed by atoms with E-state index in [1.807, 2.05) is 61.5 Å². The highest BCUT2D eigenvalue weighted by Gasteiger charge is 2.14. The summed E-state index contributed by atoms with van der Waals surface area (Å²) in [6.07, 6.45) is 0. The maximum Gasteiger partial charge on any atom is 0.276 e. The summed E-state index contributed by atoms with van der Waals surface area (Å²) in [6.45, 7) is 1.99. The number of methoxy groups -OCH3 is 1. The Morgan fingerprint density at radius 1 is 1.00 bits per heavy atom. The van der Waals surface area contributed by atoms with Gasteiger partial charge in [0.1, 0.15) is 11.4 Å².